The average molecular weight is 241 g/mol. The van der Waals surface area contributed by atoms with Gasteiger partial charge in [-0.3, -0.25) is 4.68 Å². The molecule has 0 saturated carbocycles. The van der Waals surface area contributed by atoms with Gasteiger partial charge < -0.3 is 15.2 Å². The zero-order valence-electron chi connectivity index (χ0n) is 10.9. The van der Waals surface area contributed by atoms with E-state index in [1.165, 1.54) is 0 Å². The Bertz CT molecular complexity index is 312. The van der Waals surface area contributed by atoms with Crippen LogP contribution in [0.5, 0.6) is 0 Å². The Balaban J connectivity index is 2.37. The third-order valence-electron chi connectivity index (χ3n) is 2.67. The lowest BCUT2D eigenvalue weighted by Crippen LogP contribution is -2.32. The highest BCUT2D eigenvalue weighted by molar-refractivity contribution is 5.04. The number of hydrogen-bond donors (Lipinski definition) is 2. The third-order valence-corrected chi connectivity index (χ3v) is 2.67. The van der Waals surface area contributed by atoms with Crippen LogP contribution in [0.15, 0.2) is 12.4 Å². The fourth-order valence-corrected chi connectivity index (χ4v) is 1.53. The van der Waals surface area contributed by atoms with Gasteiger partial charge in [0, 0.05) is 44.1 Å². The van der Waals surface area contributed by atoms with E-state index in [0.717, 1.165) is 18.5 Å². The van der Waals surface area contributed by atoms with Gasteiger partial charge in [0.2, 0.25) is 0 Å². The zero-order valence-corrected chi connectivity index (χ0v) is 10.9. The summed E-state index contributed by atoms with van der Waals surface area (Å²) < 4.78 is 6.92. The van der Waals surface area contributed by atoms with Gasteiger partial charge in [-0.2, -0.15) is 5.10 Å². The Morgan fingerprint density at radius 3 is 2.82 bits per heavy atom. The number of methoxy groups -OCH3 is 1. The van der Waals surface area contributed by atoms with Gasteiger partial charge in [0.05, 0.1) is 12.8 Å². The quantitative estimate of drug-likeness (QED) is 0.711. The standard InChI is InChI=1S/C12H23N3O2/c1-10(2)15-8-11(7-14-15)6-13-12(9-16)4-5-17-3/h7-8,10,12-13,16H,4-6,9H2,1-3H3. The van der Waals surface area contributed by atoms with Gasteiger partial charge in [-0.25, -0.2) is 0 Å². The van der Waals surface area contributed by atoms with Crippen LogP contribution in [-0.2, 0) is 11.3 Å². The molecule has 1 rings (SSSR count). The summed E-state index contributed by atoms with van der Waals surface area (Å²) in [4.78, 5) is 0. The van der Waals surface area contributed by atoms with E-state index in [1.54, 1.807) is 7.11 Å². The maximum Gasteiger partial charge on any atom is 0.0585 e. The molecule has 98 valence electrons. The molecule has 0 fully saturated rings. The SMILES string of the molecule is COCCC(CO)NCc1cnn(C(C)C)c1. The first kappa shape index (κ1) is 14.2. The molecule has 1 aromatic rings. The summed E-state index contributed by atoms with van der Waals surface area (Å²) >= 11 is 0. The van der Waals surface area contributed by atoms with E-state index in [-0.39, 0.29) is 12.6 Å². The van der Waals surface area contributed by atoms with Crippen molar-refractivity contribution in [3.05, 3.63) is 18.0 Å². The normalized spacial score (nSPS) is 13.2. The van der Waals surface area contributed by atoms with Crippen LogP contribution in [0.25, 0.3) is 0 Å². The maximum atomic E-state index is 9.19. The monoisotopic (exact) mass is 241 g/mol. The molecule has 5 nitrogen and oxygen atoms in total. The summed E-state index contributed by atoms with van der Waals surface area (Å²) in [6.45, 7) is 5.70. The molecule has 17 heavy (non-hydrogen) atoms. The molecular formula is C12H23N3O2. The fraction of sp³-hybridized carbons (Fsp3) is 0.750. The molecular weight excluding hydrogens is 218 g/mol. The van der Waals surface area contributed by atoms with Crippen LogP contribution >= 0.6 is 0 Å². The third kappa shape index (κ3) is 4.85. The second-order valence-corrected chi connectivity index (χ2v) is 4.46. The number of hydrogen-bond acceptors (Lipinski definition) is 4. The lowest BCUT2D eigenvalue weighted by atomic mass is 10.2. The first-order valence-electron chi connectivity index (χ1n) is 6.03. The Kier molecular flexibility index (Phi) is 6.18. The smallest absolute Gasteiger partial charge is 0.0585 e. The minimum atomic E-state index is 0.0809. The van der Waals surface area contributed by atoms with Gasteiger partial charge in [0.1, 0.15) is 0 Å². The van der Waals surface area contributed by atoms with E-state index in [9.17, 15) is 5.11 Å². The molecule has 0 aliphatic heterocycles. The summed E-state index contributed by atoms with van der Waals surface area (Å²) in [5, 5.41) is 16.7. The number of nitrogens with zero attached hydrogens (tertiary/aromatic N) is 2. The van der Waals surface area contributed by atoms with Crippen molar-refractivity contribution in [3.8, 4) is 0 Å². The minimum absolute atomic E-state index is 0.0809. The second kappa shape index (κ2) is 7.42. The van der Waals surface area contributed by atoms with E-state index >= 15 is 0 Å². The molecule has 5 heteroatoms. The van der Waals surface area contributed by atoms with Crippen molar-refractivity contribution in [2.24, 2.45) is 0 Å². The Morgan fingerprint density at radius 2 is 2.29 bits per heavy atom. The van der Waals surface area contributed by atoms with E-state index < -0.39 is 0 Å². The van der Waals surface area contributed by atoms with Crippen LogP contribution < -0.4 is 5.32 Å². The Morgan fingerprint density at radius 1 is 1.53 bits per heavy atom. The molecule has 0 amide bonds. The molecule has 0 aliphatic carbocycles. The van der Waals surface area contributed by atoms with Crippen LogP contribution in [0.4, 0.5) is 0 Å². The van der Waals surface area contributed by atoms with E-state index in [4.69, 9.17) is 4.74 Å². The molecule has 0 aliphatic rings. The molecule has 0 radical (unpaired) electrons. The highest BCUT2D eigenvalue weighted by Gasteiger charge is 2.07. The number of aliphatic hydroxyl groups excluding tert-OH is 1. The highest BCUT2D eigenvalue weighted by atomic mass is 16.5. The predicted molar refractivity (Wildman–Crippen MR) is 66.8 cm³/mol. The number of aliphatic hydroxyl groups is 1. The van der Waals surface area contributed by atoms with Gasteiger partial charge in [0.15, 0.2) is 0 Å². The van der Waals surface area contributed by atoms with Crippen LogP contribution in [0.1, 0.15) is 31.9 Å². The molecule has 0 spiro atoms. The summed E-state index contributed by atoms with van der Waals surface area (Å²) in [5.74, 6) is 0. The van der Waals surface area contributed by atoms with Crippen molar-refractivity contribution < 1.29 is 9.84 Å². The zero-order chi connectivity index (χ0) is 12.7. The molecule has 2 N–H and O–H groups in total. The van der Waals surface area contributed by atoms with Crippen molar-refractivity contribution in [3.63, 3.8) is 0 Å². The van der Waals surface area contributed by atoms with Crippen molar-refractivity contribution in [1.82, 2.24) is 15.1 Å². The number of aromatic nitrogens is 2. The van der Waals surface area contributed by atoms with Crippen molar-refractivity contribution >= 4 is 0 Å². The minimum Gasteiger partial charge on any atom is -0.395 e. The average Bonchev–Trinajstić information content (AvgIpc) is 2.78. The van der Waals surface area contributed by atoms with Crippen LogP contribution in [0.2, 0.25) is 0 Å². The van der Waals surface area contributed by atoms with Crippen LogP contribution in [-0.4, -0.2) is 41.3 Å². The van der Waals surface area contributed by atoms with Crippen LogP contribution in [0, 0.1) is 0 Å². The van der Waals surface area contributed by atoms with Gasteiger partial charge in [-0.1, -0.05) is 0 Å². The highest BCUT2D eigenvalue weighted by Crippen LogP contribution is 2.05. The van der Waals surface area contributed by atoms with Crippen molar-refractivity contribution in [1.29, 1.82) is 0 Å². The number of nitrogens with one attached hydrogen (secondary N) is 1. The topological polar surface area (TPSA) is 59.3 Å². The predicted octanol–water partition coefficient (Wildman–Crippen LogP) is 0.951. The van der Waals surface area contributed by atoms with Gasteiger partial charge >= 0.3 is 0 Å². The van der Waals surface area contributed by atoms with Crippen molar-refractivity contribution in [2.75, 3.05) is 20.3 Å². The molecule has 1 atom stereocenters. The summed E-state index contributed by atoms with van der Waals surface area (Å²) in [5.41, 5.74) is 1.13. The summed E-state index contributed by atoms with van der Waals surface area (Å²) in [6, 6.07) is 0.461. The molecule has 1 unspecified atom stereocenters. The molecule has 0 aromatic carbocycles. The lowest BCUT2D eigenvalue weighted by molar-refractivity contribution is 0.159. The van der Waals surface area contributed by atoms with Gasteiger partial charge in [-0.05, 0) is 20.3 Å². The van der Waals surface area contributed by atoms with E-state index in [2.05, 4.69) is 24.3 Å². The molecule has 1 heterocycles. The second-order valence-electron chi connectivity index (χ2n) is 4.46. The summed E-state index contributed by atoms with van der Waals surface area (Å²) in [7, 11) is 1.67. The Hall–Kier alpha value is -0.910. The first-order valence-corrected chi connectivity index (χ1v) is 6.03. The fourth-order valence-electron chi connectivity index (χ4n) is 1.53. The molecule has 0 bridgehead atoms. The Labute approximate surface area is 103 Å². The maximum absolute atomic E-state index is 9.19. The first-order chi connectivity index (χ1) is 8.17. The largest absolute Gasteiger partial charge is 0.395 e. The van der Waals surface area contributed by atoms with Gasteiger partial charge in [-0.15, -0.1) is 0 Å². The van der Waals surface area contributed by atoms with Gasteiger partial charge in [0.25, 0.3) is 0 Å². The van der Waals surface area contributed by atoms with Crippen molar-refractivity contribution in [2.45, 2.75) is 38.9 Å². The summed E-state index contributed by atoms with van der Waals surface area (Å²) in [6.07, 6.45) is 4.70. The molecule has 0 saturated heterocycles. The molecule has 1 aromatic heterocycles. The lowest BCUT2D eigenvalue weighted by Gasteiger charge is -2.14. The number of rotatable bonds is 8. The van der Waals surface area contributed by atoms with E-state index in [1.807, 2.05) is 17.1 Å². The number of ether oxygens (including phenoxy) is 1. The van der Waals surface area contributed by atoms with E-state index in [0.29, 0.717) is 12.6 Å². The van der Waals surface area contributed by atoms with Crippen LogP contribution in [0.3, 0.4) is 0 Å².